The highest BCUT2D eigenvalue weighted by atomic mass is 16.5. The lowest BCUT2D eigenvalue weighted by molar-refractivity contribution is -0.185. The molecule has 3 aliphatic carbocycles. The second-order valence-electron chi connectivity index (χ2n) is 9.39. The van der Waals surface area contributed by atoms with E-state index in [0.29, 0.717) is 5.92 Å². The third kappa shape index (κ3) is 2.75. The van der Waals surface area contributed by atoms with Crippen molar-refractivity contribution in [1.29, 1.82) is 0 Å². The molecule has 0 unspecified atom stereocenters. The van der Waals surface area contributed by atoms with Gasteiger partial charge in [-0.2, -0.15) is 0 Å². The van der Waals surface area contributed by atoms with E-state index >= 15 is 0 Å². The summed E-state index contributed by atoms with van der Waals surface area (Å²) in [5, 5.41) is 0. The molecule has 0 amide bonds. The zero-order valence-corrected chi connectivity index (χ0v) is 17.7. The Balaban J connectivity index is 2.08. The second-order valence-corrected chi connectivity index (χ2v) is 9.39. The number of ether oxygens (including phenoxy) is 3. The summed E-state index contributed by atoms with van der Waals surface area (Å²) in [6.07, 6.45) is 6.25. The van der Waals surface area contributed by atoms with Crippen molar-refractivity contribution in [2.45, 2.75) is 52.6 Å². The van der Waals surface area contributed by atoms with Crippen molar-refractivity contribution >= 4 is 17.7 Å². The number of allylic oxidation sites excluding steroid dienone is 2. The topological polar surface area (TPSA) is 78.9 Å². The fourth-order valence-corrected chi connectivity index (χ4v) is 6.72. The quantitative estimate of drug-likeness (QED) is 0.417. The normalized spacial score (nSPS) is 41.6. The standard InChI is InChI=1S/C22H32O6/c1-13-14-7-9-20(2)12-22(18(24)27-5,19(25)28-6)11-15(23)17(20)21(14,3)10-8-16(13)26-4/h7,9,13-14,16-17H,8,10-12H2,1-6H3/t13-,14-,16-,17+,20-,21-/m0/s1. The molecule has 2 saturated carbocycles. The van der Waals surface area contributed by atoms with E-state index in [0.717, 1.165) is 12.8 Å². The monoisotopic (exact) mass is 392 g/mol. The number of esters is 2. The van der Waals surface area contributed by atoms with Crippen LogP contribution in [0.15, 0.2) is 12.2 Å². The number of hydrogen-bond donors (Lipinski definition) is 0. The first kappa shape index (κ1) is 21.0. The van der Waals surface area contributed by atoms with Crippen molar-refractivity contribution in [2.24, 2.45) is 34.0 Å². The van der Waals surface area contributed by atoms with Gasteiger partial charge < -0.3 is 14.2 Å². The Hall–Kier alpha value is -1.69. The predicted octanol–water partition coefficient (Wildman–Crippen LogP) is 2.94. The second kappa shape index (κ2) is 6.97. The molecular formula is C22H32O6. The van der Waals surface area contributed by atoms with Crippen LogP contribution in [0.5, 0.6) is 0 Å². The molecule has 0 spiro atoms. The minimum Gasteiger partial charge on any atom is -0.468 e. The molecule has 6 nitrogen and oxygen atoms in total. The van der Waals surface area contributed by atoms with Crippen molar-refractivity contribution < 1.29 is 28.6 Å². The maximum atomic E-state index is 13.5. The molecule has 3 rings (SSSR count). The van der Waals surface area contributed by atoms with Gasteiger partial charge in [0, 0.05) is 19.4 Å². The zero-order valence-electron chi connectivity index (χ0n) is 17.7. The molecule has 0 heterocycles. The van der Waals surface area contributed by atoms with E-state index in [1.807, 2.05) is 6.92 Å². The van der Waals surface area contributed by atoms with Crippen LogP contribution >= 0.6 is 0 Å². The van der Waals surface area contributed by atoms with Gasteiger partial charge >= 0.3 is 11.9 Å². The van der Waals surface area contributed by atoms with E-state index in [1.165, 1.54) is 14.2 Å². The van der Waals surface area contributed by atoms with E-state index < -0.39 is 22.8 Å². The molecule has 0 aromatic rings. The smallest absolute Gasteiger partial charge is 0.323 e. The molecule has 156 valence electrons. The maximum absolute atomic E-state index is 13.5. The Morgan fingerprint density at radius 2 is 1.71 bits per heavy atom. The molecule has 3 aliphatic rings. The Labute approximate surface area is 167 Å². The third-order valence-corrected chi connectivity index (χ3v) is 7.82. The highest BCUT2D eigenvalue weighted by Crippen LogP contribution is 2.64. The third-order valence-electron chi connectivity index (χ3n) is 7.82. The van der Waals surface area contributed by atoms with E-state index in [2.05, 4.69) is 26.0 Å². The van der Waals surface area contributed by atoms with Crippen LogP contribution < -0.4 is 0 Å². The van der Waals surface area contributed by atoms with Gasteiger partial charge in [-0.3, -0.25) is 14.4 Å². The fourth-order valence-electron chi connectivity index (χ4n) is 6.72. The van der Waals surface area contributed by atoms with Crippen molar-refractivity contribution in [3.8, 4) is 0 Å². The molecule has 6 atom stereocenters. The molecule has 0 bridgehead atoms. The van der Waals surface area contributed by atoms with Gasteiger partial charge in [0.05, 0.1) is 20.3 Å². The molecule has 0 aromatic heterocycles. The number of Topliss-reactive ketones (excluding diaryl/α,β-unsaturated/α-hetero) is 1. The molecule has 0 aromatic carbocycles. The summed E-state index contributed by atoms with van der Waals surface area (Å²) in [7, 11) is 4.23. The van der Waals surface area contributed by atoms with Gasteiger partial charge in [0.2, 0.25) is 0 Å². The number of rotatable bonds is 3. The lowest BCUT2D eigenvalue weighted by Crippen LogP contribution is -2.61. The van der Waals surface area contributed by atoms with Crippen LogP contribution in [0.2, 0.25) is 0 Å². The minimum absolute atomic E-state index is 0.0514. The number of hydrogen-bond acceptors (Lipinski definition) is 6. The van der Waals surface area contributed by atoms with Crippen LogP contribution in [0.4, 0.5) is 0 Å². The summed E-state index contributed by atoms with van der Waals surface area (Å²) < 4.78 is 15.5. The first-order valence-electron chi connectivity index (χ1n) is 10.0. The van der Waals surface area contributed by atoms with Gasteiger partial charge in [-0.05, 0) is 41.9 Å². The summed E-state index contributed by atoms with van der Waals surface area (Å²) in [6.45, 7) is 6.36. The van der Waals surface area contributed by atoms with Gasteiger partial charge in [-0.25, -0.2) is 0 Å². The molecular weight excluding hydrogens is 360 g/mol. The predicted molar refractivity (Wildman–Crippen MR) is 102 cm³/mol. The van der Waals surface area contributed by atoms with Crippen LogP contribution in [0.1, 0.15) is 46.5 Å². The molecule has 0 radical (unpaired) electrons. The molecule has 28 heavy (non-hydrogen) atoms. The van der Waals surface area contributed by atoms with Gasteiger partial charge in [0.25, 0.3) is 0 Å². The van der Waals surface area contributed by atoms with E-state index in [-0.39, 0.29) is 42.0 Å². The van der Waals surface area contributed by atoms with Crippen molar-refractivity contribution in [3.05, 3.63) is 12.2 Å². The average Bonchev–Trinajstić information content (AvgIpc) is 2.65. The Morgan fingerprint density at radius 3 is 2.25 bits per heavy atom. The van der Waals surface area contributed by atoms with E-state index in [4.69, 9.17) is 14.2 Å². The molecule has 6 heteroatoms. The molecule has 0 saturated heterocycles. The maximum Gasteiger partial charge on any atom is 0.323 e. The highest BCUT2D eigenvalue weighted by molar-refractivity contribution is 6.05. The summed E-state index contributed by atoms with van der Waals surface area (Å²) >= 11 is 0. The fraction of sp³-hybridized carbons (Fsp3) is 0.773. The van der Waals surface area contributed by atoms with Crippen LogP contribution in [-0.2, 0) is 28.6 Å². The van der Waals surface area contributed by atoms with Gasteiger partial charge in [0.15, 0.2) is 5.41 Å². The van der Waals surface area contributed by atoms with Gasteiger partial charge in [0.1, 0.15) is 5.78 Å². The van der Waals surface area contributed by atoms with Crippen LogP contribution in [-0.4, -0.2) is 45.2 Å². The van der Waals surface area contributed by atoms with E-state index in [1.54, 1.807) is 7.11 Å². The van der Waals surface area contributed by atoms with Crippen molar-refractivity contribution in [2.75, 3.05) is 21.3 Å². The van der Waals surface area contributed by atoms with Gasteiger partial charge in [-0.15, -0.1) is 0 Å². The SMILES string of the molecule is COC(=O)C1(C(=O)OC)CC(=O)[C@H]2[C@@]3(C)CC[C@H](OC)[C@@H](C)[C@@H]3C=C[C@@]2(C)C1. The number of fused-ring (bicyclic) bond motifs is 3. The largest absolute Gasteiger partial charge is 0.468 e. The van der Waals surface area contributed by atoms with Gasteiger partial charge in [-0.1, -0.05) is 32.9 Å². The average molecular weight is 392 g/mol. The lowest BCUT2D eigenvalue weighted by Gasteiger charge is -2.60. The van der Waals surface area contributed by atoms with Crippen LogP contribution in [0.25, 0.3) is 0 Å². The number of carbonyl (C=O) groups is 3. The molecule has 2 fully saturated rings. The number of methoxy groups -OCH3 is 3. The number of carbonyl (C=O) groups excluding carboxylic acids is 3. The summed E-state index contributed by atoms with van der Waals surface area (Å²) in [4.78, 5) is 38.8. The first-order chi connectivity index (χ1) is 13.1. The lowest BCUT2D eigenvalue weighted by atomic mass is 9.43. The summed E-state index contributed by atoms with van der Waals surface area (Å²) in [5.74, 6) is -1.17. The molecule has 0 N–H and O–H groups in total. The Kier molecular flexibility index (Phi) is 5.24. The highest BCUT2D eigenvalue weighted by Gasteiger charge is 2.66. The van der Waals surface area contributed by atoms with E-state index in [9.17, 15) is 14.4 Å². The molecule has 0 aliphatic heterocycles. The van der Waals surface area contributed by atoms with Crippen LogP contribution in [0, 0.1) is 34.0 Å². The minimum atomic E-state index is -1.57. The summed E-state index contributed by atoms with van der Waals surface area (Å²) in [6, 6.07) is 0. The first-order valence-corrected chi connectivity index (χ1v) is 10.0. The van der Waals surface area contributed by atoms with Crippen LogP contribution in [0.3, 0.4) is 0 Å². The Morgan fingerprint density at radius 1 is 1.11 bits per heavy atom. The Bertz CT molecular complexity index is 696. The number of ketones is 1. The zero-order chi connectivity index (χ0) is 20.9. The summed E-state index contributed by atoms with van der Waals surface area (Å²) in [5.41, 5.74) is -2.41. The van der Waals surface area contributed by atoms with Crippen molar-refractivity contribution in [1.82, 2.24) is 0 Å². The van der Waals surface area contributed by atoms with Crippen molar-refractivity contribution in [3.63, 3.8) is 0 Å².